The van der Waals surface area contributed by atoms with Gasteiger partial charge in [-0.3, -0.25) is 9.59 Å². The fraction of sp³-hybridized carbons (Fsp3) is 0.417. The molecular weight excluding hydrogens is 416 g/mol. The molecule has 0 aromatic heterocycles. The predicted octanol–water partition coefficient (Wildman–Crippen LogP) is 4.95. The van der Waals surface area contributed by atoms with Gasteiger partial charge >= 0.3 is 0 Å². The summed E-state index contributed by atoms with van der Waals surface area (Å²) < 4.78 is 0. The average Bonchev–Trinajstić information content (AvgIpc) is 2.74. The lowest BCUT2D eigenvalue weighted by atomic mass is 10.1. The highest BCUT2D eigenvalue weighted by Gasteiger charge is 2.25. The van der Waals surface area contributed by atoms with Crippen LogP contribution in [0.5, 0.6) is 0 Å². The van der Waals surface area contributed by atoms with E-state index in [1.54, 1.807) is 16.7 Å². The number of unbranched alkanes of at least 4 members (excludes halogenated alkanes) is 1. The lowest BCUT2D eigenvalue weighted by Crippen LogP contribution is -2.49. The van der Waals surface area contributed by atoms with E-state index in [9.17, 15) is 9.59 Å². The third kappa shape index (κ3) is 8.41. The average molecular weight is 447 g/mol. The number of halogens is 1. The van der Waals surface area contributed by atoms with Crippen molar-refractivity contribution < 1.29 is 9.59 Å². The van der Waals surface area contributed by atoms with Gasteiger partial charge in [0.2, 0.25) is 11.8 Å². The van der Waals surface area contributed by atoms with E-state index in [0.29, 0.717) is 29.6 Å². The third-order valence-corrected chi connectivity index (χ3v) is 6.09. The van der Waals surface area contributed by atoms with Crippen LogP contribution < -0.4 is 5.32 Å². The second-order valence-corrected chi connectivity index (χ2v) is 8.69. The standard InChI is InChI=1S/C24H31ClN2O2S/c1-3-4-14-26-24(29)19(2)27(15-13-20-9-6-5-7-10-20)23(28)18-30-17-21-11-8-12-22(25)16-21/h5-12,16,19H,3-4,13-15,17-18H2,1-2H3,(H,26,29). The number of nitrogens with zero attached hydrogens (tertiary/aromatic N) is 1. The normalized spacial score (nSPS) is 11.7. The van der Waals surface area contributed by atoms with Crippen molar-refractivity contribution in [3.63, 3.8) is 0 Å². The zero-order chi connectivity index (χ0) is 21.8. The number of carbonyl (C=O) groups excluding carboxylic acids is 2. The molecule has 0 bridgehead atoms. The Kier molecular flexibility index (Phi) is 10.8. The fourth-order valence-electron chi connectivity index (χ4n) is 3.07. The third-order valence-electron chi connectivity index (χ3n) is 4.86. The Balaban J connectivity index is 1.97. The number of hydrogen-bond acceptors (Lipinski definition) is 3. The van der Waals surface area contributed by atoms with Crippen LogP contribution in [0.3, 0.4) is 0 Å². The first-order valence-electron chi connectivity index (χ1n) is 10.4. The molecule has 0 heterocycles. The first-order valence-corrected chi connectivity index (χ1v) is 12.0. The second-order valence-electron chi connectivity index (χ2n) is 7.27. The summed E-state index contributed by atoms with van der Waals surface area (Å²) in [5.74, 6) is 0.921. The summed E-state index contributed by atoms with van der Waals surface area (Å²) in [6.45, 7) is 5.06. The van der Waals surface area contributed by atoms with E-state index < -0.39 is 6.04 Å². The van der Waals surface area contributed by atoms with Gasteiger partial charge in [-0.25, -0.2) is 0 Å². The first-order chi connectivity index (χ1) is 14.5. The van der Waals surface area contributed by atoms with Gasteiger partial charge in [0.25, 0.3) is 0 Å². The summed E-state index contributed by atoms with van der Waals surface area (Å²) in [4.78, 5) is 27.3. The minimum Gasteiger partial charge on any atom is -0.354 e. The quantitative estimate of drug-likeness (QED) is 0.469. The van der Waals surface area contributed by atoms with Crippen molar-refractivity contribution in [2.45, 2.75) is 44.9 Å². The van der Waals surface area contributed by atoms with Gasteiger partial charge in [0.15, 0.2) is 0 Å². The van der Waals surface area contributed by atoms with Gasteiger partial charge in [-0.2, -0.15) is 0 Å². The molecule has 0 aliphatic rings. The van der Waals surface area contributed by atoms with E-state index in [0.717, 1.165) is 30.4 Å². The SMILES string of the molecule is CCCCNC(=O)C(C)N(CCc1ccccc1)C(=O)CSCc1cccc(Cl)c1. The summed E-state index contributed by atoms with van der Waals surface area (Å²) in [6.07, 6.45) is 2.68. The maximum Gasteiger partial charge on any atom is 0.242 e. The molecule has 2 aromatic carbocycles. The molecule has 0 saturated carbocycles. The Morgan fingerprint density at radius 3 is 2.53 bits per heavy atom. The Hall–Kier alpha value is -1.98. The van der Waals surface area contributed by atoms with Crippen LogP contribution in [-0.2, 0) is 21.8 Å². The van der Waals surface area contributed by atoms with E-state index in [1.165, 1.54) is 0 Å². The van der Waals surface area contributed by atoms with Crippen molar-refractivity contribution in [1.29, 1.82) is 0 Å². The molecule has 0 aliphatic heterocycles. The highest BCUT2D eigenvalue weighted by atomic mass is 35.5. The summed E-state index contributed by atoms with van der Waals surface area (Å²) in [5.41, 5.74) is 2.24. The number of rotatable bonds is 12. The minimum atomic E-state index is -0.496. The molecule has 1 unspecified atom stereocenters. The first kappa shape index (κ1) is 24.3. The van der Waals surface area contributed by atoms with Crippen LogP contribution in [0.1, 0.15) is 37.8 Å². The molecule has 2 aromatic rings. The van der Waals surface area contributed by atoms with Crippen molar-refractivity contribution in [1.82, 2.24) is 10.2 Å². The van der Waals surface area contributed by atoms with E-state index in [1.807, 2.05) is 61.5 Å². The molecule has 2 amide bonds. The molecule has 0 fully saturated rings. The number of hydrogen-bond donors (Lipinski definition) is 1. The molecule has 0 saturated heterocycles. The summed E-state index contributed by atoms with van der Waals surface area (Å²) in [6, 6.07) is 17.2. The lowest BCUT2D eigenvalue weighted by molar-refractivity contribution is -0.137. The predicted molar refractivity (Wildman–Crippen MR) is 127 cm³/mol. The molecule has 162 valence electrons. The molecule has 0 radical (unpaired) electrons. The Bertz CT molecular complexity index is 801. The molecule has 0 aliphatic carbocycles. The van der Waals surface area contributed by atoms with Crippen LogP contribution >= 0.6 is 23.4 Å². The van der Waals surface area contributed by atoms with E-state index in [2.05, 4.69) is 12.2 Å². The van der Waals surface area contributed by atoms with Crippen molar-refractivity contribution in [2.24, 2.45) is 0 Å². The van der Waals surface area contributed by atoms with E-state index in [4.69, 9.17) is 11.6 Å². The van der Waals surface area contributed by atoms with Gasteiger partial charge in [-0.1, -0.05) is 67.4 Å². The Morgan fingerprint density at radius 2 is 1.83 bits per heavy atom. The number of amides is 2. The number of thioether (sulfide) groups is 1. The summed E-state index contributed by atoms with van der Waals surface area (Å²) >= 11 is 7.58. The lowest BCUT2D eigenvalue weighted by Gasteiger charge is -2.28. The smallest absolute Gasteiger partial charge is 0.242 e. The maximum absolute atomic E-state index is 13.0. The van der Waals surface area contributed by atoms with Crippen LogP contribution in [0.4, 0.5) is 0 Å². The van der Waals surface area contributed by atoms with Gasteiger partial charge in [-0.15, -0.1) is 11.8 Å². The van der Waals surface area contributed by atoms with E-state index >= 15 is 0 Å². The monoisotopic (exact) mass is 446 g/mol. The van der Waals surface area contributed by atoms with Crippen molar-refractivity contribution in [3.8, 4) is 0 Å². The molecule has 4 nitrogen and oxygen atoms in total. The molecule has 6 heteroatoms. The summed E-state index contributed by atoms with van der Waals surface area (Å²) in [7, 11) is 0. The van der Waals surface area contributed by atoms with Crippen molar-refractivity contribution >= 4 is 35.2 Å². The number of benzene rings is 2. The fourth-order valence-corrected chi connectivity index (χ4v) is 4.14. The van der Waals surface area contributed by atoms with Crippen LogP contribution in [-0.4, -0.2) is 41.6 Å². The van der Waals surface area contributed by atoms with Gasteiger partial charge in [0.1, 0.15) is 6.04 Å². The van der Waals surface area contributed by atoms with Crippen molar-refractivity contribution in [3.05, 3.63) is 70.7 Å². The van der Waals surface area contributed by atoms with Gasteiger partial charge in [0, 0.05) is 23.9 Å². The molecule has 1 atom stereocenters. The zero-order valence-electron chi connectivity index (χ0n) is 17.8. The largest absolute Gasteiger partial charge is 0.354 e. The molecule has 30 heavy (non-hydrogen) atoms. The molecular formula is C24H31ClN2O2S. The molecule has 0 spiro atoms. The highest BCUT2D eigenvalue weighted by molar-refractivity contribution is 7.99. The molecule has 1 N–H and O–H groups in total. The van der Waals surface area contributed by atoms with Gasteiger partial charge in [0.05, 0.1) is 5.75 Å². The Labute approximate surface area is 189 Å². The van der Waals surface area contributed by atoms with Crippen LogP contribution in [0.15, 0.2) is 54.6 Å². The van der Waals surface area contributed by atoms with Crippen LogP contribution in [0, 0.1) is 0 Å². The second kappa shape index (κ2) is 13.3. The summed E-state index contributed by atoms with van der Waals surface area (Å²) in [5, 5.41) is 3.65. The van der Waals surface area contributed by atoms with Crippen LogP contribution in [0.2, 0.25) is 5.02 Å². The topological polar surface area (TPSA) is 49.4 Å². The maximum atomic E-state index is 13.0. The molecule has 2 rings (SSSR count). The minimum absolute atomic E-state index is 0.0175. The van der Waals surface area contributed by atoms with E-state index in [-0.39, 0.29) is 11.8 Å². The van der Waals surface area contributed by atoms with Gasteiger partial charge < -0.3 is 10.2 Å². The highest BCUT2D eigenvalue weighted by Crippen LogP contribution is 2.18. The Morgan fingerprint density at radius 1 is 1.10 bits per heavy atom. The number of nitrogens with one attached hydrogen (secondary N) is 1. The van der Waals surface area contributed by atoms with Crippen LogP contribution in [0.25, 0.3) is 0 Å². The van der Waals surface area contributed by atoms with Gasteiger partial charge in [-0.05, 0) is 43.0 Å². The van der Waals surface area contributed by atoms with Crippen molar-refractivity contribution in [2.75, 3.05) is 18.8 Å². The zero-order valence-corrected chi connectivity index (χ0v) is 19.3. The number of carbonyl (C=O) groups is 2.